The number of hydrogen-bond donors (Lipinski definition) is 1. The molecule has 100 valence electrons. The standard InChI is InChI=1S/C15H24N2O/c1-4-9-17-14(15(18-3)7-5-8-15)13-11-16-10-6-12(13)2/h6,10-11,14,17H,4-5,7-9H2,1-3H3. The first-order valence-corrected chi connectivity index (χ1v) is 6.92. The summed E-state index contributed by atoms with van der Waals surface area (Å²) in [6, 6.07) is 2.35. The lowest BCUT2D eigenvalue weighted by Crippen LogP contribution is -2.51. The molecule has 0 amide bonds. The van der Waals surface area contributed by atoms with E-state index in [4.69, 9.17) is 4.74 Å². The van der Waals surface area contributed by atoms with E-state index in [1.165, 1.54) is 17.5 Å². The molecule has 1 aliphatic carbocycles. The van der Waals surface area contributed by atoms with Crippen molar-refractivity contribution in [3.63, 3.8) is 0 Å². The summed E-state index contributed by atoms with van der Waals surface area (Å²) < 4.78 is 5.85. The molecule has 1 saturated carbocycles. The Hall–Kier alpha value is -0.930. The monoisotopic (exact) mass is 248 g/mol. The Balaban J connectivity index is 2.27. The number of pyridine rings is 1. The van der Waals surface area contributed by atoms with Gasteiger partial charge in [0.2, 0.25) is 0 Å². The highest BCUT2D eigenvalue weighted by molar-refractivity contribution is 5.29. The third kappa shape index (κ3) is 2.43. The maximum atomic E-state index is 5.85. The van der Waals surface area contributed by atoms with Crippen LogP contribution in [0.5, 0.6) is 0 Å². The zero-order chi connectivity index (χ0) is 13.0. The van der Waals surface area contributed by atoms with E-state index in [1.807, 2.05) is 19.5 Å². The fraction of sp³-hybridized carbons (Fsp3) is 0.667. The summed E-state index contributed by atoms with van der Waals surface area (Å²) >= 11 is 0. The van der Waals surface area contributed by atoms with Crippen LogP contribution in [0.1, 0.15) is 49.8 Å². The lowest BCUT2D eigenvalue weighted by molar-refractivity contribution is -0.0999. The van der Waals surface area contributed by atoms with Gasteiger partial charge in [0.25, 0.3) is 0 Å². The summed E-state index contributed by atoms with van der Waals surface area (Å²) in [7, 11) is 1.84. The van der Waals surface area contributed by atoms with Gasteiger partial charge >= 0.3 is 0 Å². The fourth-order valence-corrected chi connectivity index (χ4v) is 2.78. The molecule has 0 bridgehead atoms. The van der Waals surface area contributed by atoms with E-state index in [0.717, 1.165) is 25.8 Å². The third-order valence-corrected chi connectivity index (χ3v) is 4.12. The molecule has 1 N–H and O–H groups in total. The number of rotatable bonds is 6. The summed E-state index contributed by atoms with van der Waals surface area (Å²) in [4.78, 5) is 4.29. The van der Waals surface area contributed by atoms with Crippen molar-refractivity contribution in [1.82, 2.24) is 10.3 Å². The maximum absolute atomic E-state index is 5.85. The second-order valence-corrected chi connectivity index (χ2v) is 5.24. The van der Waals surface area contributed by atoms with E-state index >= 15 is 0 Å². The number of hydrogen-bond acceptors (Lipinski definition) is 3. The van der Waals surface area contributed by atoms with E-state index in [9.17, 15) is 0 Å². The maximum Gasteiger partial charge on any atom is 0.0873 e. The van der Waals surface area contributed by atoms with Crippen LogP contribution in [0.15, 0.2) is 18.5 Å². The minimum absolute atomic E-state index is 0.0248. The van der Waals surface area contributed by atoms with Gasteiger partial charge in [-0.05, 0) is 56.3 Å². The molecule has 1 heterocycles. The van der Waals surface area contributed by atoms with E-state index in [0.29, 0.717) is 0 Å². The van der Waals surface area contributed by atoms with Crippen LogP contribution in [0.2, 0.25) is 0 Å². The van der Waals surface area contributed by atoms with E-state index in [-0.39, 0.29) is 11.6 Å². The number of aryl methyl sites for hydroxylation is 1. The summed E-state index contributed by atoms with van der Waals surface area (Å²) in [6.45, 7) is 5.37. The van der Waals surface area contributed by atoms with Crippen LogP contribution in [0.25, 0.3) is 0 Å². The van der Waals surface area contributed by atoms with Crippen molar-refractivity contribution < 1.29 is 4.74 Å². The summed E-state index contributed by atoms with van der Waals surface area (Å²) in [6.07, 6.45) is 8.52. The average molecular weight is 248 g/mol. The minimum Gasteiger partial charge on any atom is -0.376 e. The Morgan fingerprint density at radius 2 is 2.28 bits per heavy atom. The molecule has 1 unspecified atom stereocenters. The van der Waals surface area contributed by atoms with Crippen molar-refractivity contribution in [1.29, 1.82) is 0 Å². The highest BCUT2D eigenvalue weighted by Crippen LogP contribution is 2.45. The summed E-state index contributed by atoms with van der Waals surface area (Å²) in [5.74, 6) is 0. The van der Waals surface area contributed by atoms with Crippen molar-refractivity contribution in [2.45, 2.75) is 51.2 Å². The molecule has 0 aliphatic heterocycles. The van der Waals surface area contributed by atoms with Crippen LogP contribution >= 0.6 is 0 Å². The van der Waals surface area contributed by atoms with Gasteiger partial charge in [-0.3, -0.25) is 4.98 Å². The minimum atomic E-state index is -0.0248. The van der Waals surface area contributed by atoms with Crippen molar-refractivity contribution in [2.75, 3.05) is 13.7 Å². The average Bonchev–Trinajstić information content (AvgIpc) is 2.33. The highest BCUT2D eigenvalue weighted by atomic mass is 16.5. The molecule has 3 heteroatoms. The van der Waals surface area contributed by atoms with Gasteiger partial charge < -0.3 is 10.1 Å². The van der Waals surface area contributed by atoms with E-state index in [1.54, 1.807) is 0 Å². The zero-order valence-electron chi connectivity index (χ0n) is 11.7. The Morgan fingerprint density at radius 3 is 2.78 bits per heavy atom. The molecular formula is C15H24N2O. The third-order valence-electron chi connectivity index (χ3n) is 4.12. The topological polar surface area (TPSA) is 34.2 Å². The van der Waals surface area contributed by atoms with Crippen molar-refractivity contribution in [3.05, 3.63) is 29.6 Å². The lowest BCUT2D eigenvalue weighted by atomic mass is 9.71. The molecular weight excluding hydrogens is 224 g/mol. The number of nitrogens with zero attached hydrogens (tertiary/aromatic N) is 1. The molecule has 1 atom stereocenters. The first kappa shape index (κ1) is 13.5. The van der Waals surface area contributed by atoms with Crippen LogP contribution < -0.4 is 5.32 Å². The van der Waals surface area contributed by atoms with Crippen molar-refractivity contribution >= 4 is 0 Å². The Bertz CT molecular complexity index is 382. The Kier molecular flexibility index (Phi) is 4.36. The van der Waals surface area contributed by atoms with Gasteiger partial charge in [0, 0.05) is 19.5 Å². The number of ether oxygens (including phenoxy) is 1. The number of nitrogens with one attached hydrogen (secondary N) is 1. The number of methoxy groups -OCH3 is 1. The molecule has 3 nitrogen and oxygen atoms in total. The first-order chi connectivity index (χ1) is 8.73. The molecule has 1 fully saturated rings. The molecule has 2 rings (SSSR count). The van der Waals surface area contributed by atoms with Gasteiger partial charge in [-0.15, -0.1) is 0 Å². The normalized spacial score (nSPS) is 19.3. The largest absolute Gasteiger partial charge is 0.376 e. The first-order valence-electron chi connectivity index (χ1n) is 6.92. The summed E-state index contributed by atoms with van der Waals surface area (Å²) in [5.41, 5.74) is 2.55. The van der Waals surface area contributed by atoms with Gasteiger partial charge in [0.1, 0.15) is 0 Å². The smallest absolute Gasteiger partial charge is 0.0873 e. The molecule has 1 aromatic rings. The van der Waals surface area contributed by atoms with Gasteiger partial charge in [0.05, 0.1) is 11.6 Å². The van der Waals surface area contributed by atoms with Crippen LogP contribution in [0.4, 0.5) is 0 Å². The van der Waals surface area contributed by atoms with E-state index < -0.39 is 0 Å². The highest BCUT2D eigenvalue weighted by Gasteiger charge is 2.45. The molecule has 18 heavy (non-hydrogen) atoms. The quantitative estimate of drug-likeness (QED) is 0.840. The second-order valence-electron chi connectivity index (χ2n) is 5.24. The summed E-state index contributed by atoms with van der Waals surface area (Å²) in [5, 5.41) is 3.66. The Labute approximate surface area is 110 Å². The second kappa shape index (κ2) is 5.81. The van der Waals surface area contributed by atoms with Crippen LogP contribution in [0.3, 0.4) is 0 Å². The van der Waals surface area contributed by atoms with Gasteiger partial charge in [-0.2, -0.15) is 0 Å². The lowest BCUT2D eigenvalue weighted by Gasteiger charge is -2.47. The van der Waals surface area contributed by atoms with Gasteiger partial charge in [-0.1, -0.05) is 6.92 Å². The predicted octanol–water partition coefficient (Wildman–Crippen LogP) is 3.00. The predicted molar refractivity (Wildman–Crippen MR) is 73.6 cm³/mol. The SMILES string of the molecule is CCCNC(c1cnccc1C)C1(OC)CCC1. The van der Waals surface area contributed by atoms with Crippen LogP contribution in [-0.4, -0.2) is 24.2 Å². The zero-order valence-corrected chi connectivity index (χ0v) is 11.7. The molecule has 0 spiro atoms. The van der Waals surface area contributed by atoms with E-state index in [2.05, 4.69) is 30.2 Å². The fourth-order valence-electron chi connectivity index (χ4n) is 2.78. The van der Waals surface area contributed by atoms with Crippen molar-refractivity contribution in [2.24, 2.45) is 0 Å². The molecule has 0 radical (unpaired) electrons. The molecule has 1 aliphatic rings. The molecule has 0 aromatic carbocycles. The van der Waals surface area contributed by atoms with Gasteiger partial charge in [0.15, 0.2) is 0 Å². The van der Waals surface area contributed by atoms with Gasteiger partial charge in [-0.25, -0.2) is 0 Å². The van der Waals surface area contributed by atoms with Crippen LogP contribution in [-0.2, 0) is 4.74 Å². The number of aromatic nitrogens is 1. The van der Waals surface area contributed by atoms with Crippen molar-refractivity contribution in [3.8, 4) is 0 Å². The molecule has 0 saturated heterocycles. The molecule has 1 aromatic heterocycles. The Morgan fingerprint density at radius 1 is 1.50 bits per heavy atom. The van der Waals surface area contributed by atoms with Crippen LogP contribution in [0, 0.1) is 6.92 Å².